The molecular weight excluding hydrogens is 469 g/mol. The number of halogens is 1. The van der Waals surface area contributed by atoms with E-state index < -0.39 is 0 Å². The van der Waals surface area contributed by atoms with Crippen molar-refractivity contribution < 1.29 is 9.18 Å². The maximum absolute atomic E-state index is 13.5. The van der Waals surface area contributed by atoms with Gasteiger partial charge >= 0.3 is 0 Å². The van der Waals surface area contributed by atoms with Crippen LogP contribution in [0.4, 0.5) is 4.39 Å². The minimum absolute atomic E-state index is 0.0259. The predicted molar refractivity (Wildman–Crippen MR) is 135 cm³/mol. The first-order chi connectivity index (χ1) is 16.4. The zero-order valence-corrected chi connectivity index (χ0v) is 20.8. The maximum Gasteiger partial charge on any atom is 0.231 e. The molecule has 2 heterocycles. The van der Waals surface area contributed by atoms with Crippen molar-refractivity contribution in [3.63, 3.8) is 0 Å². The van der Waals surface area contributed by atoms with Gasteiger partial charge in [0.2, 0.25) is 5.91 Å². The van der Waals surface area contributed by atoms with Crippen LogP contribution in [0.2, 0.25) is 0 Å². The minimum atomic E-state index is -0.312. The average Bonchev–Trinajstić information content (AvgIpc) is 3.52. The Hall–Kier alpha value is -3.01. The Labute approximate surface area is 206 Å². The largest absolute Gasteiger partial charge is 0.344 e. The van der Waals surface area contributed by atoms with Crippen molar-refractivity contribution >= 4 is 29.0 Å². The summed E-state index contributed by atoms with van der Waals surface area (Å²) in [5.41, 5.74) is 1.78. The zero-order valence-electron chi connectivity index (χ0n) is 19.2. The number of hydrogen-bond donors (Lipinski definition) is 1. The van der Waals surface area contributed by atoms with Crippen LogP contribution in [-0.2, 0) is 4.79 Å². The Morgan fingerprint density at radius 3 is 2.47 bits per heavy atom. The van der Waals surface area contributed by atoms with Gasteiger partial charge in [0, 0.05) is 10.6 Å². The molecule has 0 aliphatic heterocycles. The third kappa shape index (κ3) is 5.55. The third-order valence-corrected chi connectivity index (χ3v) is 7.36. The van der Waals surface area contributed by atoms with Gasteiger partial charge in [0.25, 0.3) is 0 Å². The number of amides is 1. The summed E-state index contributed by atoms with van der Waals surface area (Å²) in [6, 6.07) is 19.9. The van der Waals surface area contributed by atoms with Gasteiger partial charge < -0.3 is 5.32 Å². The van der Waals surface area contributed by atoms with E-state index in [-0.39, 0.29) is 29.6 Å². The van der Waals surface area contributed by atoms with Gasteiger partial charge in [0.15, 0.2) is 11.0 Å². The summed E-state index contributed by atoms with van der Waals surface area (Å²) in [6.45, 7) is 2.02. The van der Waals surface area contributed by atoms with Crippen LogP contribution in [0.3, 0.4) is 0 Å². The topological polar surface area (TPSA) is 63.1 Å². The molecule has 4 rings (SSSR count). The van der Waals surface area contributed by atoms with E-state index in [4.69, 9.17) is 0 Å². The molecule has 1 N–H and O–H groups in total. The van der Waals surface area contributed by atoms with Crippen LogP contribution >= 0.6 is 23.1 Å². The van der Waals surface area contributed by atoms with E-state index in [1.54, 1.807) is 23.5 Å². The number of rotatable bonds is 9. The standard InChI is InChI=1S/C25H26FN5OS2/c1-17(30(2)3)24-28-29-25(31(24)20-13-11-19(26)12-14-20)34-16-22(32)27-23(21-10-7-15-33-21)18-8-5-4-6-9-18/h4-15,17,23H,16H2,1-3H3,(H,27,32)/t17-,23+/m0/s1. The van der Waals surface area contributed by atoms with Crippen molar-refractivity contribution in [2.24, 2.45) is 0 Å². The van der Waals surface area contributed by atoms with Gasteiger partial charge in [-0.25, -0.2) is 4.39 Å². The lowest BCUT2D eigenvalue weighted by Crippen LogP contribution is -2.30. The second-order valence-electron chi connectivity index (χ2n) is 8.01. The third-order valence-electron chi connectivity index (χ3n) is 5.49. The molecule has 0 aliphatic rings. The number of hydrogen-bond acceptors (Lipinski definition) is 6. The van der Waals surface area contributed by atoms with E-state index in [0.29, 0.717) is 5.16 Å². The number of carbonyl (C=O) groups excluding carboxylic acids is 1. The average molecular weight is 496 g/mol. The molecule has 1 amide bonds. The van der Waals surface area contributed by atoms with Gasteiger partial charge in [-0.1, -0.05) is 48.2 Å². The van der Waals surface area contributed by atoms with Crippen LogP contribution in [0.5, 0.6) is 0 Å². The molecule has 0 saturated carbocycles. The molecule has 0 radical (unpaired) electrons. The first-order valence-corrected chi connectivity index (χ1v) is 12.7. The number of thioether (sulfide) groups is 1. The second-order valence-corrected chi connectivity index (χ2v) is 9.93. The Bertz CT molecular complexity index is 1210. The quantitative estimate of drug-likeness (QED) is 0.328. The van der Waals surface area contributed by atoms with E-state index in [1.807, 2.05) is 78.3 Å². The van der Waals surface area contributed by atoms with Crippen LogP contribution in [0.25, 0.3) is 5.69 Å². The molecule has 0 bridgehead atoms. The molecule has 0 fully saturated rings. The number of nitrogens with zero attached hydrogens (tertiary/aromatic N) is 4. The number of carbonyl (C=O) groups is 1. The molecule has 4 aromatic rings. The lowest BCUT2D eigenvalue weighted by atomic mass is 10.1. The molecule has 0 spiro atoms. The number of thiophene rings is 1. The van der Waals surface area contributed by atoms with Crippen molar-refractivity contribution in [2.45, 2.75) is 24.2 Å². The van der Waals surface area contributed by atoms with Gasteiger partial charge in [-0.15, -0.1) is 21.5 Å². The van der Waals surface area contributed by atoms with Crippen molar-refractivity contribution in [3.8, 4) is 5.69 Å². The van der Waals surface area contributed by atoms with E-state index in [0.717, 1.165) is 22.0 Å². The molecule has 34 heavy (non-hydrogen) atoms. The van der Waals surface area contributed by atoms with Crippen molar-refractivity contribution in [1.29, 1.82) is 0 Å². The number of benzene rings is 2. The van der Waals surface area contributed by atoms with Crippen molar-refractivity contribution in [2.75, 3.05) is 19.8 Å². The SMILES string of the molecule is C[C@@H](c1nnc(SCC(=O)N[C@H](c2ccccc2)c2cccs2)n1-c1ccc(F)cc1)N(C)C. The molecule has 2 atom stereocenters. The highest BCUT2D eigenvalue weighted by Gasteiger charge is 2.23. The molecule has 2 aromatic heterocycles. The van der Waals surface area contributed by atoms with Crippen molar-refractivity contribution in [1.82, 2.24) is 25.0 Å². The zero-order chi connectivity index (χ0) is 24.1. The Morgan fingerprint density at radius 1 is 1.09 bits per heavy atom. The van der Waals surface area contributed by atoms with Crippen LogP contribution in [0.1, 0.15) is 35.3 Å². The van der Waals surface area contributed by atoms with Crippen LogP contribution in [-0.4, -0.2) is 45.4 Å². The maximum atomic E-state index is 13.5. The smallest absolute Gasteiger partial charge is 0.231 e. The lowest BCUT2D eigenvalue weighted by molar-refractivity contribution is -0.119. The Kier molecular flexibility index (Phi) is 7.77. The number of nitrogens with one attached hydrogen (secondary N) is 1. The molecule has 6 nitrogen and oxygen atoms in total. The van der Waals surface area contributed by atoms with Gasteiger partial charge in [-0.3, -0.25) is 14.3 Å². The summed E-state index contributed by atoms with van der Waals surface area (Å²) in [6.07, 6.45) is 0. The van der Waals surface area contributed by atoms with E-state index in [2.05, 4.69) is 15.5 Å². The van der Waals surface area contributed by atoms with Crippen LogP contribution in [0.15, 0.2) is 77.3 Å². The summed E-state index contributed by atoms with van der Waals surface area (Å²) in [5.74, 6) is 0.473. The predicted octanol–water partition coefficient (Wildman–Crippen LogP) is 5.09. The molecule has 0 unspecified atom stereocenters. The first-order valence-electron chi connectivity index (χ1n) is 10.8. The fourth-order valence-electron chi connectivity index (χ4n) is 3.46. The lowest BCUT2D eigenvalue weighted by Gasteiger charge is -2.20. The van der Waals surface area contributed by atoms with E-state index in [9.17, 15) is 9.18 Å². The normalized spacial score (nSPS) is 13.1. The molecule has 176 valence electrons. The fraction of sp³-hybridized carbons (Fsp3) is 0.240. The number of aromatic nitrogens is 3. The van der Waals surface area contributed by atoms with E-state index in [1.165, 1.54) is 23.9 Å². The van der Waals surface area contributed by atoms with Gasteiger partial charge in [-0.2, -0.15) is 0 Å². The highest BCUT2D eigenvalue weighted by atomic mass is 32.2. The molecule has 2 aromatic carbocycles. The monoisotopic (exact) mass is 495 g/mol. The summed E-state index contributed by atoms with van der Waals surface area (Å²) >= 11 is 2.92. The highest BCUT2D eigenvalue weighted by Crippen LogP contribution is 2.29. The minimum Gasteiger partial charge on any atom is -0.344 e. The Morgan fingerprint density at radius 2 is 1.82 bits per heavy atom. The van der Waals surface area contributed by atoms with Crippen LogP contribution in [0, 0.1) is 5.82 Å². The molecule has 0 aliphatic carbocycles. The first kappa shape index (κ1) is 24.1. The fourth-order valence-corrected chi connectivity index (χ4v) is 5.03. The Balaban J connectivity index is 1.55. The van der Waals surface area contributed by atoms with Gasteiger partial charge in [0.05, 0.1) is 17.8 Å². The summed E-state index contributed by atoms with van der Waals surface area (Å²) in [5, 5.41) is 14.5. The second kappa shape index (κ2) is 10.9. The van der Waals surface area contributed by atoms with Crippen molar-refractivity contribution in [3.05, 3.63) is 94.2 Å². The molecular formula is C25H26FN5OS2. The van der Waals surface area contributed by atoms with Crippen LogP contribution < -0.4 is 5.32 Å². The highest BCUT2D eigenvalue weighted by molar-refractivity contribution is 7.99. The van der Waals surface area contributed by atoms with E-state index >= 15 is 0 Å². The summed E-state index contributed by atoms with van der Waals surface area (Å²) in [7, 11) is 3.92. The summed E-state index contributed by atoms with van der Waals surface area (Å²) in [4.78, 5) is 16.1. The molecule has 9 heteroatoms. The molecule has 0 saturated heterocycles. The summed E-state index contributed by atoms with van der Waals surface area (Å²) < 4.78 is 15.4. The van der Waals surface area contributed by atoms with Gasteiger partial charge in [-0.05, 0) is 62.3 Å². The van der Waals surface area contributed by atoms with Gasteiger partial charge in [0.1, 0.15) is 5.82 Å².